The molecule has 0 aromatic heterocycles. The monoisotopic (exact) mass is 413 g/mol. The molecule has 0 aliphatic rings. The summed E-state index contributed by atoms with van der Waals surface area (Å²) in [6.45, 7) is 4.28. The van der Waals surface area contributed by atoms with Crippen molar-refractivity contribution in [2.75, 3.05) is 6.61 Å². The number of nitrogens with one attached hydrogen (secondary N) is 1. The van der Waals surface area contributed by atoms with Gasteiger partial charge in [-0.1, -0.05) is 117 Å². The molecule has 0 aliphatic heterocycles. The maximum absolute atomic E-state index is 12.1. The van der Waals surface area contributed by atoms with Crippen LogP contribution in [0.2, 0.25) is 0 Å². The van der Waals surface area contributed by atoms with Crippen molar-refractivity contribution in [2.24, 2.45) is 0 Å². The number of hydrogen-bond donors (Lipinski definition) is 3. The molecule has 0 aromatic carbocycles. The van der Waals surface area contributed by atoms with Crippen LogP contribution in [0.15, 0.2) is 0 Å². The predicted molar refractivity (Wildman–Crippen MR) is 124 cm³/mol. The summed E-state index contributed by atoms with van der Waals surface area (Å²) in [4.78, 5) is 12.1. The van der Waals surface area contributed by atoms with Gasteiger partial charge >= 0.3 is 0 Å². The zero-order valence-corrected chi connectivity index (χ0v) is 19.6. The number of unbranched alkanes of at least 4 members (excludes halogenated alkanes) is 15. The Morgan fingerprint density at radius 1 is 0.690 bits per heavy atom. The van der Waals surface area contributed by atoms with E-state index in [1.54, 1.807) is 0 Å². The molecule has 4 nitrogen and oxygen atoms in total. The van der Waals surface area contributed by atoms with E-state index >= 15 is 0 Å². The van der Waals surface area contributed by atoms with Crippen molar-refractivity contribution in [3.8, 4) is 0 Å². The maximum atomic E-state index is 12.1. The quantitative estimate of drug-likeness (QED) is 0.183. The lowest BCUT2D eigenvalue weighted by atomic mass is 10.0. The summed E-state index contributed by atoms with van der Waals surface area (Å²) in [5.74, 6) is -0.0406. The van der Waals surface area contributed by atoms with Gasteiger partial charge in [0, 0.05) is 6.42 Å². The minimum Gasteiger partial charge on any atom is -0.394 e. The van der Waals surface area contributed by atoms with Gasteiger partial charge in [0.05, 0.1) is 18.8 Å². The fraction of sp³-hybridized carbons (Fsp3) is 0.960. The van der Waals surface area contributed by atoms with Crippen LogP contribution in [0.4, 0.5) is 0 Å². The SMILES string of the molecule is CCCCCCCCCCC[C@@H](O)[C@H](CO)NC(=O)CCCCCCCCCC. The van der Waals surface area contributed by atoms with E-state index in [1.165, 1.54) is 83.5 Å². The van der Waals surface area contributed by atoms with Crippen LogP contribution in [0.1, 0.15) is 136 Å². The number of carbonyl (C=O) groups is 1. The summed E-state index contributed by atoms with van der Waals surface area (Å²) in [5.41, 5.74) is 0. The average molecular weight is 414 g/mol. The molecule has 0 unspecified atom stereocenters. The number of aliphatic hydroxyl groups is 2. The third-order valence-electron chi connectivity index (χ3n) is 5.87. The van der Waals surface area contributed by atoms with Crippen LogP contribution in [0.25, 0.3) is 0 Å². The summed E-state index contributed by atoms with van der Waals surface area (Å²) in [7, 11) is 0. The molecule has 0 aromatic rings. The Balaban J connectivity index is 3.66. The summed E-state index contributed by atoms with van der Waals surface area (Å²) < 4.78 is 0. The van der Waals surface area contributed by atoms with Gasteiger partial charge in [0.15, 0.2) is 0 Å². The highest BCUT2D eigenvalue weighted by atomic mass is 16.3. The smallest absolute Gasteiger partial charge is 0.220 e. The van der Waals surface area contributed by atoms with Gasteiger partial charge in [-0.3, -0.25) is 4.79 Å². The zero-order chi connectivity index (χ0) is 21.6. The zero-order valence-electron chi connectivity index (χ0n) is 19.6. The molecular formula is C25H51NO3. The average Bonchev–Trinajstić information content (AvgIpc) is 2.72. The van der Waals surface area contributed by atoms with Gasteiger partial charge in [-0.25, -0.2) is 0 Å². The molecule has 0 rings (SSSR count). The third kappa shape index (κ3) is 19.1. The van der Waals surface area contributed by atoms with E-state index in [-0.39, 0.29) is 12.5 Å². The van der Waals surface area contributed by atoms with Crippen LogP contribution >= 0.6 is 0 Å². The number of carbonyl (C=O) groups excluding carboxylic acids is 1. The van der Waals surface area contributed by atoms with Gasteiger partial charge in [0.2, 0.25) is 5.91 Å². The molecule has 1 amide bonds. The fourth-order valence-corrected chi connectivity index (χ4v) is 3.83. The molecular weight excluding hydrogens is 362 g/mol. The topological polar surface area (TPSA) is 69.6 Å². The maximum Gasteiger partial charge on any atom is 0.220 e. The van der Waals surface area contributed by atoms with E-state index in [1.807, 2.05) is 0 Å². The number of amides is 1. The van der Waals surface area contributed by atoms with Crippen LogP contribution in [0.3, 0.4) is 0 Å². The van der Waals surface area contributed by atoms with Crippen molar-refractivity contribution in [1.82, 2.24) is 5.32 Å². The molecule has 0 saturated carbocycles. The second-order valence-corrected chi connectivity index (χ2v) is 8.77. The molecule has 4 heteroatoms. The lowest BCUT2D eigenvalue weighted by Crippen LogP contribution is -2.45. The predicted octanol–water partition coefficient (Wildman–Crippen LogP) is 6.28. The molecule has 174 valence electrons. The number of hydrogen-bond acceptors (Lipinski definition) is 3. The van der Waals surface area contributed by atoms with Gasteiger partial charge < -0.3 is 15.5 Å². The van der Waals surface area contributed by atoms with Crippen molar-refractivity contribution >= 4 is 5.91 Å². The molecule has 29 heavy (non-hydrogen) atoms. The first-order valence-corrected chi connectivity index (χ1v) is 12.7. The summed E-state index contributed by atoms with van der Waals surface area (Å²) in [5, 5.41) is 22.6. The van der Waals surface area contributed by atoms with Gasteiger partial charge in [-0.05, 0) is 12.8 Å². The third-order valence-corrected chi connectivity index (χ3v) is 5.87. The largest absolute Gasteiger partial charge is 0.394 e. The van der Waals surface area contributed by atoms with E-state index < -0.39 is 12.1 Å². The number of aliphatic hydroxyl groups excluding tert-OH is 2. The molecule has 0 radical (unpaired) electrons. The Morgan fingerprint density at radius 3 is 1.55 bits per heavy atom. The first-order chi connectivity index (χ1) is 14.2. The second kappa shape index (κ2) is 22.1. The van der Waals surface area contributed by atoms with Gasteiger partial charge in [-0.15, -0.1) is 0 Å². The van der Waals surface area contributed by atoms with Crippen LogP contribution in [-0.4, -0.2) is 34.9 Å². The van der Waals surface area contributed by atoms with E-state index in [9.17, 15) is 15.0 Å². The molecule has 0 spiro atoms. The highest BCUT2D eigenvalue weighted by Gasteiger charge is 2.19. The van der Waals surface area contributed by atoms with Gasteiger partial charge in [-0.2, -0.15) is 0 Å². The molecule has 0 bridgehead atoms. The highest BCUT2D eigenvalue weighted by molar-refractivity contribution is 5.76. The van der Waals surface area contributed by atoms with Crippen molar-refractivity contribution in [3.05, 3.63) is 0 Å². The Morgan fingerprint density at radius 2 is 1.10 bits per heavy atom. The minimum atomic E-state index is -0.646. The van der Waals surface area contributed by atoms with E-state index in [0.29, 0.717) is 12.8 Å². The molecule has 0 heterocycles. The first-order valence-electron chi connectivity index (χ1n) is 12.7. The Labute approximate surface area is 181 Å². The van der Waals surface area contributed by atoms with Crippen LogP contribution in [0, 0.1) is 0 Å². The highest BCUT2D eigenvalue weighted by Crippen LogP contribution is 2.13. The van der Waals surface area contributed by atoms with Gasteiger partial charge in [0.25, 0.3) is 0 Å². The first kappa shape index (κ1) is 28.4. The minimum absolute atomic E-state index is 0.0406. The van der Waals surface area contributed by atoms with Gasteiger partial charge in [0.1, 0.15) is 0 Å². The summed E-state index contributed by atoms with van der Waals surface area (Å²) in [6.07, 6.45) is 21.4. The lowest BCUT2D eigenvalue weighted by Gasteiger charge is -2.22. The van der Waals surface area contributed by atoms with Crippen LogP contribution in [0.5, 0.6) is 0 Å². The Kier molecular flexibility index (Phi) is 21.6. The van der Waals surface area contributed by atoms with Crippen molar-refractivity contribution in [1.29, 1.82) is 0 Å². The van der Waals surface area contributed by atoms with Crippen molar-refractivity contribution in [3.63, 3.8) is 0 Å². The molecule has 3 N–H and O–H groups in total. The Hall–Kier alpha value is -0.610. The Bertz CT molecular complexity index is 349. The van der Waals surface area contributed by atoms with Crippen LogP contribution < -0.4 is 5.32 Å². The van der Waals surface area contributed by atoms with Crippen LogP contribution in [-0.2, 0) is 4.79 Å². The van der Waals surface area contributed by atoms with E-state index in [4.69, 9.17) is 0 Å². The van der Waals surface area contributed by atoms with E-state index in [0.717, 1.165) is 25.7 Å². The molecule has 0 aliphatic carbocycles. The van der Waals surface area contributed by atoms with Crippen molar-refractivity contribution in [2.45, 2.75) is 148 Å². The standard InChI is InChI=1S/C25H51NO3/c1-3-5-7-9-11-13-14-16-18-20-24(28)23(22-27)26-25(29)21-19-17-15-12-10-8-6-4-2/h23-24,27-28H,3-22H2,1-2H3,(H,26,29)/t23-,24+/m0/s1. The normalized spacial score (nSPS) is 13.4. The van der Waals surface area contributed by atoms with Crippen molar-refractivity contribution < 1.29 is 15.0 Å². The number of rotatable bonds is 22. The molecule has 0 saturated heterocycles. The summed E-state index contributed by atoms with van der Waals surface area (Å²) >= 11 is 0. The molecule has 0 fully saturated rings. The molecule has 2 atom stereocenters. The summed E-state index contributed by atoms with van der Waals surface area (Å²) in [6, 6.07) is -0.523. The van der Waals surface area contributed by atoms with E-state index in [2.05, 4.69) is 19.2 Å². The fourth-order valence-electron chi connectivity index (χ4n) is 3.83. The second-order valence-electron chi connectivity index (χ2n) is 8.77. The lowest BCUT2D eigenvalue weighted by molar-refractivity contribution is -0.123.